The molecule has 142 valence electrons. The lowest BCUT2D eigenvalue weighted by atomic mass is 10.1. The number of nitrogens with one attached hydrogen (secondary N) is 1. The summed E-state index contributed by atoms with van der Waals surface area (Å²) in [6, 6.07) is 2.09. The smallest absolute Gasteiger partial charge is 0.246 e. The van der Waals surface area contributed by atoms with Crippen LogP contribution in [0.1, 0.15) is 34.8 Å². The van der Waals surface area contributed by atoms with Crippen LogP contribution in [0.25, 0.3) is 0 Å². The average Bonchev–Trinajstić information content (AvgIpc) is 3.01. The standard InChI is InChI=1S/C18H28N6O2/c1-13-17(14(2)22(3)20-13)11-23-6-5-7-24-16(10-23)8-15(21-24)9-19-18(25)12-26-4/h8H,5-7,9-12H2,1-4H3,(H,19,25). The molecule has 0 saturated carbocycles. The number of rotatable bonds is 6. The molecule has 0 radical (unpaired) electrons. The van der Waals surface area contributed by atoms with Gasteiger partial charge >= 0.3 is 0 Å². The summed E-state index contributed by atoms with van der Waals surface area (Å²) >= 11 is 0. The normalized spacial score (nSPS) is 14.9. The van der Waals surface area contributed by atoms with E-state index in [1.807, 2.05) is 11.7 Å². The van der Waals surface area contributed by atoms with Gasteiger partial charge in [-0.3, -0.25) is 19.1 Å². The van der Waals surface area contributed by atoms with Gasteiger partial charge in [-0.2, -0.15) is 10.2 Å². The van der Waals surface area contributed by atoms with Gasteiger partial charge in [0, 0.05) is 51.6 Å². The Morgan fingerprint density at radius 2 is 2.12 bits per heavy atom. The zero-order valence-corrected chi connectivity index (χ0v) is 16.1. The summed E-state index contributed by atoms with van der Waals surface area (Å²) in [7, 11) is 3.51. The van der Waals surface area contributed by atoms with Crippen molar-refractivity contribution in [1.82, 2.24) is 29.8 Å². The molecule has 1 aliphatic rings. The zero-order valence-electron chi connectivity index (χ0n) is 16.1. The van der Waals surface area contributed by atoms with Gasteiger partial charge in [-0.25, -0.2) is 0 Å². The molecule has 3 heterocycles. The molecule has 0 aromatic carbocycles. The number of hydrogen-bond donors (Lipinski definition) is 1. The second-order valence-corrected chi connectivity index (χ2v) is 6.90. The lowest BCUT2D eigenvalue weighted by Crippen LogP contribution is -2.26. The number of aromatic nitrogens is 4. The van der Waals surface area contributed by atoms with E-state index >= 15 is 0 Å². The van der Waals surface area contributed by atoms with Crippen molar-refractivity contribution < 1.29 is 9.53 Å². The molecule has 1 N–H and O–H groups in total. The van der Waals surface area contributed by atoms with E-state index in [9.17, 15) is 4.79 Å². The topological polar surface area (TPSA) is 77.2 Å². The Hall–Kier alpha value is -2.19. The Kier molecular flexibility index (Phi) is 5.73. The highest BCUT2D eigenvalue weighted by Gasteiger charge is 2.19. The number of ether oxygens (including phenoxy) is 1. The van der Waals surface area contributed by atoms with Gasteiger partial charge in [0.1, 0.15) is 6.61 Å². The molecule has 0 saturated heterocycles. The Morgan fingerprint density at radius 3 is 2.81 bits per heavy atom. The summed E-state index contributed by atoms with van der Waals surface area (Å²) in [6.07, 6.45) is 1.06. The maximum Gasteiger partial charge on any atom is 0.246 e. The molecule has 26 heavy (non-hydrogen) atoms. The third kappa shape index (κ3) is 4.13. The van der Waals surface area contributed by atoms with E-state index in [1.165, 1.54) is 24.1 Å². The number of amides is 1. The van der Waals surface area contributed by atoms with Crippen LogP contribution in [0.5, 0.6) is 0 Å². The Balaban J connectivity index is 1.67. The summed E-state index contributed by atoms with van der Waals surface area (Å²) in [4.78, 5) is 14.0. The van der Waals surface area contributed by atoms with Crippen LogP contribution in [0.2, 0.25) is 0 Å². The summed E-state index contributed by atoms with van der Waals surface area (Å²) in [5.74, 6) is -0.125. The lowest BCUT2D eigenvalue weighted by molar-refractivity contribution is -0.124. The summed E-state index contributed by atoms with van der Waals surface area (Å²) in [5.41, 5.74) is 5.72. The van der Waals surface area contributed by atoms with Gasteiger partial charge in [0.2, 0.25) is 5.91 Å². The molecule has 2 aromatic rings. The van der Waals surface area contributed by atoms with Crippen molar-refractivity contribution in [3.63, 3.8) is 0 Å². The minimum Gasteiger partial charge on any atom is -0.375 e. The molecule has 1 amide bonds. The monoisotopic (exact) mass is 360 g/mol. The second kappa shape index (κ2) is 8.01. The zero-order chi connectivity index (χ0) is 18.7. The summed E-state index contributed by atoms with van der Waals surface area (Å²) < 4.78 is 8.85. The lowest BCUT2D eigenvalue weighted by Gasteiger charge is -2.19. The van der Waals surface area contributed by atoms with Crippen LogP contribution in [-0.4, -0.2) is 50.6 Å². The van der Waals surface area contributed by atoms with Crippen LogP contribution in [0.4, 0.5) is 0 Å². The number of fused-ring (bicyclic) bond motifs is 1. The van der Waals surface area contributed by atoms with E-state index in [1.54, 1.807) is 0 Å². The quantitative estimate of drug-likeness (QED) is 0.828. The highest BCUT2D eigenvalue weighted by molar-refractivity contribution is 5.77. The first-order chi connectivity index (χ1) is 12.5. The van der Waals surface area contributed by atoms with Gasteiger partial charge in [-0.15, -0.1) is 0 Å². The predicted octanol–water partition coefficient (Wildman–Crippen LogP) is 0.902. The van der Waals surface area contributed by atoms with Crippen LogP contribution in [-0.2, 0) is 42.8 Å². The summed E-state index contributed by atoms with van der Waals surface area (Å²) in [6.45, 7) is 8.40. The molecular formula is C18H28N6O2. The minimum atomic E-state index is -0.125. The SMILES string of the molecule is COCC(=O)NCc1cc2n(n1)CCCN(Cc1c(C)nn(C)c1C)C2. The maximum atomic E-state index is 11.5. The fourth-order valence-corrected chi connectivity index (χ4v) is 3.45. The Bertz CT molecular complexity index is 779. The van der Waals surface area contributed by atoms with Crippen LogP contribution in [0.15, 0.2) is 6.07 Å². The fourth-order valence-electron chi connectivity index (χ4n) is 3.45. The van der Waals surface area contributed by atoms with E-state index < -0.39 is 0 Å². The number of hydrogen-bond acceptors (Lipinski definition) is 5. The van der Waals surface area contributed by atoms with Gasteiger partial charge in [0.05, 0.1) is 23.6 Å². The molecule has 0 unspecified atom stereocenters. The number of methoxy groups -OCH3 is 1. The van der Waals surface area contributed by atoms with Gasteiger partial charge in [0.25, 0.3) is 0 Å². The Labute approximate surface area is 154 Å². The van der Waals surface area contributed by atoms with E-state index in [2.05, 4.69) is 45.0 Å². The molecule has 1 aliphatic heterocycles. The van der Waals surface area contributed by atoms with Gasteiger partial charge < -0.3 is 10.1 Å². The van der Waals surface area contributed by atoms with E-state index in [-0.39, 0.29) is 12.5 Å². The van der Waals surface area contributed by atoms with Crippen LogP contribution in [0.3, 0.4) is 0 Å². The van der Waals surface area contributed by atoms with Gasteiger partial charge in [-0.1, -0.05) is 0 Å². The molecule has 8 nitrogen and oxygen atoms in total. The third-order valence-corrected chi connectivity index (χ3v) is 4.93. The molecule has 0 aliphatic carbocycles. The van der Waals surface area contributed by atoms with Gasteiger partial charge in [0.15, 0.2) is 0 Å². The van der Waals surface area contributed by atoms with Gasteiger partial charge in [-0.05, 0) is 26.3 Å². The molecule has 3 rings (SSSR count). The highest BCUT2D eigenvalue weighted by Crippen LogP contribution is 2.19. The van der Waals surface area contributed by atoms with Crippen LogP contribution in [0, 0.1) is 13.8 Å². The largest absolute Gasteiger partial charge is 0.375 e. The molecule has 0 bridgehead atoms. The fraction of sp³-hybridized carbons (Fsp3) is 0.611. The molecular weight excluding hydrogens is 332 g/mol. The maximum absolute atomic E-state index is 11.5. The number of carbonyl (C=O) groups excluding carboxylic acids is 1. The van der Waals surface area contributed by atoms with Crippen molar-refractivity contribution in [1.29, 1.82) is 0 Å². The van der Waals surface area contributed by atoms with Crippen molar-refractivity contribution in [3.8, 4) is 0 Å². The number of carbonyl (C=O) groups is 1. The van der Waals surface area contributed by atoms with Crippen LogP contribution < -0.4 is 5.32 Å². The highest BCUT2D eigenvalue weighted by atomic mass is 16.5. The third-order valence-electron chi connectivity index (χ3n) is 4.93. The second-order valence-electron chi connectivity index (χ2n) is 6.90. The van der Waals surface area contributed by atoms with Crippen molar-refractivity contribution in [2.24, 2.45) is 7.05 Å². The predicted molar refractivity (Wildman–Crippen MR) is 97.4 cm³/mol. The van der Waals surface area contributed by atoms with Crippen LogP contribution >= 0.6 is 0 Å². The molecule has 2 aromatic heterocycles. The molecule has 0 spiro atoms. The summed E-state index contributed by atoms with van der Waals surface area (Å²) in [5, 5.41) is 12.0. The number of aryl methyl sites for hydroxylation is 3. The van der Waals surface area contributed by atoms with E-state index in [4.69, 9.17) is 4.74 Å². The van der Waals surface area contributed by atoms with Crippen molar-refractivity contribution in [2.45, 2.75) is 46.4 Å². The first-order valence-electron chi connectivity index (χ1n) is 9.00. The Morgan fingerprint density at radius 1 is 1.31 bits per heavy atom. The first-order valence-corrected chi connectivity index (χ1v) is 9.00. The average molecular weight is 360 g/mol. The van der Waals surface area contributed by atoms with Crippen molar-refractivity contribution in [3.05, 3.63) is 34.4 Å². The van der Waals surface area contributed by atoms with Crippen molar-refractivity contribution >= 4 is 5.91 Å². The first kappa shape index (κ1) is 18.6. The van der Waals surface area contributed by atoms with E-state index in [0.29, 0.717) is 6.54 Å². The minimum absolute atomic E-state index is 0.0746. The van der Waals surface area contributed by atoms with E-state index in [0.717, 1.165) is 44.0 Å². The van der Waals surface area contributed by atoms with Crippen molar-refractivity contribution in [2.75, 3.05) is 20.3 Å². The molecule has 0 fully saturated rings. The molecule has 0 atom stereocenters. The number of nitrogens with zero attached hydrogens (tertiary/aromatic N) is 5. The molecule has 8 heteroatoms.